The molecule has 2 unspecified atom stereocenters. The molecular weight excluding hydrogens is 162 g/mol. The van der Waals surface area contributed by atoms with E-state index in [0.717, 1.165) is 12.1 Å². The number of pyridine rings is 1. The Labute approximate surface area is 78.0 Å². The molecule has 2 nitrogen and oxygen atoms in total. The van der Waals surface area contributed by atoms with Gasteiger partial charge in [-0.1, -0.05) is 13.0 Å². The molecule has 0 N–H and O–H groups in total. The number of aromatic nitrogens is 1. The highest BCUT2D eigenvalue weighted by Crippen LogP contribution is 2.40. The van der Waals surface area contributed by atoms with Crippen LogP contribution in [0.5, 0.6) is 0 Å². The summed E-state index contributed by atoms with van der Waals surface area (Å²) in [7, 11) is 0. The summed E-state index contributed by atoms with van der Waals surface area (Å²) in [5.74, 6) is 1.02. The first-order valence-corrected chi connectivity index (χ1v) is 4.76. The van der Waals surface area contributed by atoms with Crippen LogP contribution in [0.4, 0.5) is 0 Å². The normalized spacial score (nSPS) is 27.0. The quantitative estimate of drug-likeness (QED) is 0.689. The standard InChI is InChI=1S/C11H13NO/c1-2-8-9(7-11(8)13)10-5-3-4-6-12-10/h3-6,8-9H,2,7H2,1H3. The van der Waals surface area contributed by atoms with Crippen molar-refractivity contribution in [3.63, 3.8) is 0 Å². The molecule has 0 saturated heterocycles. The van der Waals surface area contributed by atoms with Gasteiger partial charge < -0.3 is 0 Å². The lowest BCUT2D eigenvalue weighted by molar-refractivity contribution is -0.131. The van der Waals surface area contributed by atoms with Gasteiger partial charge in [0.15, 0.2) is 0 Å². The number of Topliss-reactive ketones (excluding diaryl/α,β-unsaturated/α-hetero) is 1. The predicted molar refractivity (Wildman–Crippen MR) is 50.4 cm³/mol. The summed E-state index contributed by atoms with van der Waals surface area (Å²) >= 11 is 0. The number of ketones is 1. The molecule has 68 valence electrons. The first-order chi connectivity index (χ1) is 6.33. The minimum absolute atomic E-state index is 0.231. The molecule has 2 heteroatoms. The minimum Gasteiger partial charge on any atom is -0.299 e. The molecule has 13 heavy (non-hydrogen) atoms. The molecule has 0 spiro atoms. The Kier molecular flexibility index (Phi) is 2.13. The van der Waals surface area contributed by atoms with E-state index in [1.54, 1.807) is 6.20 Å². The van der Waals surface area contributed by atoms with Crippen molar-refractivity contribution in [2.24, 2.45) is 5.92 Å². The lowest BCUT2D eigenvalue weighted by Gasteiger charge is -2.33. The van der Waals surface area contributed by atoms with Gasteiger partial charge in [-0.3, -0.25) is 9.78 Å². The van der Waals surface area contributed by atoms with E-state index in [9.17, 15) is 4.79 Å². The Hall–Kier alpha value is -1.18. The maximum Gasteiger partial charge on any atom is 0.137 e. The van der Waals surface area contributed by atoms with Crippen molar-refractivity contribution in [1.82, 2.24) is 4.98 Å². The van der Waals surface area contributed by atoms with Crippen molar-refractivity contribution in [2.45, 2.75) is 25.7 Å². The van der Waals surface area contributed by atoms with E-state index in [4.69, 9.17) is 0 Å². The van der Waals surface area contributed by atoms with Crippen LogP contribution in [0, 0.1) is 5.92 Å². The van der Waals surface area contributed by atoms with Gasteiger partial charge in [0, 0.05) is 30.1 Å². The van der Waals surface area contributed by atoms with Crippen LogP contribution in [0.25, 0.3) is 0 Å². The fourth-order valence-electron chi connectivity index (χ4n) is 1.99. The highest BCUT2D eigenvalue weighted by molar-refractivity contribution is 5.89. The van der Waals surface area contributed by atoms with E-state index in [2.05, 4.69) is 11.9 Å². The number of nitrogens with zero attached hydrogens (tertiary/aromatic N) is 1. The summed E-state index contributed by atoms with van der Waals surface area (Å²) in [6.07, 6.45) is 3.43. The maximum atomic E-state index is 11.2. The van der Waals surface area contributed by atoms with Gasteiger partial charge in [-0.15, -0.1) is 0 Å². The smallest absolute Gasteiger partial charge is 0.137 e. The van der Waals surface area contributed by atoms with E-state index in [-0.39, 0.29) is 5.92 Å². The molecule has 0 radical (unpaired) electrons. The minimum atomic E-state index is 0.231. The Morgan fingerprint density at radius 3 is 2.92 bits per heavy atom. The van der Waals surface area contributed by atoms with Crippen LogP contribution in [-0.2, 0) is 4.79 Å². The molecule has 0 aliphatic heterocycles. The molecule has 1 saturated carbocycles. The van der Waals surface area contributed by atoms with Crippen molar-refractivity contribution in [1.29, 1.82) is 0 Å². The average molecular weight is 175 g/mol. The molecule has 1 aliphatic carbocycles. The second-order valence-corrected chi connectivity index (χ2v) is 3.55. The van der Waals surface area contributed by atoms with Crippen LogP contribution in [-0.4, -0.2) is 10.8 Å². The van der Waals surface area contributed by atoms with Crippen molar-refractivity contribution >= 4 is 5.78 Å². The predicted octanol–water partition coefficient (Wildman–Crippen LogP) is 2.16. The highest BCUT2D eigenvalue weighted by atomic mass is 16.1. The van der Waals surface area contributed by atoms with Gasteiger partial charge in [-0.25, -0.2) is 0 Å². The molecule has 1 aromatic rings. The molecular formula is C11H13NO. The molecule has 1 aromatic heterocycles. The molecule has 1 heterocycles. The largest absolute Gasteiger partial charge is 0.299 e. The summed E-state index contributed by atoms with van der Waals surface area (Å²) in [5, 5.41) is 0. The number of carbonyl (C=O) groups excluding carboxylic acids is 1. The third kappa shape index (κ3) is 1.37. The Balaban J connectivity index is 2.16. The SMILES string of the molecule is CCC1C(=O)CC1c1ccccn1. The van der Waals surface area contributed by atoms with Gasteiger partial charge >= 0.3 is 0 Å². The van der Waals surface area contributed by atoms with Gasteiger partial charge in [0.25, 0.3) is 0 Å². The zero-order valence-electron chi connectivity index (χ0n) is 7.73. The number of hydrogen-bond donors (Lipinski definition) is 0. The van der Waals surface area contributed by atoms with Gasteiger partial charge in [0.05, 0.1) is 0 Å². The first-order valence-electron chi connectivity index (χ1n) is 4.76. The van der Waals surface area contributed by atoms with Gasteiger partial charge in [-0.2, -0.15) is 0 Å². The van der Waals surface area contributed by atoms with Gasteiger partial charge in [0.1, 0.15) is 5.78 Å². The highest BCUT2D eigenvalue weighted by Gasteiger charge is 2.39. The van der Waals surface area contributed by atoms with Crippen LogP contribution in [0.15, 0.2) is 24.4 Å². The number of rotatable bonds is 2. The zero-order chi connectivity index (χ0) is 9.26. The molecule has 0 bridgehead atoms. The Bertz CT molecular complexity index is 307. The van der Waals surface area contributed by atoms with E-state index in [0.29, 0.717) is 18.1 Å². The lowest BCUT2D eigenvalue weighted by Crippen LogP contribution is -2.35. The summed E-state index contributed by atoms with van der Waals surface area (Å²) in [6.45, 7) is 2.07. The van der Waals surface area contributed by atoms with Crippen LogP contribution < -0.4 is 0 Å². The first kappa shape index (κ1) is 8.42. The Morgan fingerprint density at radius 1 is 1.54 bits per heavy atom. The fraction of sp³-hybridized carbons (Fsp3) is 0.455. The van der Waals surface area contributed by atoms with Crippen LogP contribution >= 0.6 is 0 Å². The summed E-state index contributed by atoms with van der Waals surface area (Å²) in [6, 6.07) is 5.91. The molecule has 0 amide bonds. The van der Waals surface area contributed by atoms with E-state index in [1.807, 2.05) is 18.2 Å². The summed E-state index contributed by atoms with van der Waals surface area (Å²) in [4.78, 5) is 15.5. The average Bonchev–Trinajstić information content (AvgIpc) is 2.16. The zero-order valence-corrected chi connectivity index (χ0v) is 7.73. The number of carbonyl (C=O) groups is 1. The van der Waals surface area contributed by atoms with Crippen molar-refractivity contribution in [3.8, 4) is 0 Å². The molecule has 0 aromatic carbocycles. The number of hydrogen-bond acceptors (Lipinski definition) is 2. The molecule has 2 rings (SSSR count). The van der Waals surface area contributed by atoms with Crippen LogP contribution in [0.2, 0.25) is 0 Å². The van der Waals surface area contributed by atoms with E-state index < -0.39 is 0 Å². The molecule has 1 fully saturated rings. The van der Waals surface area contributed by atoms with Crippen molar-refractivity contribution in [2.75, 3.05) is 0 Å². The van der Waals surface area contributed by atoms with Crippen LogP contribution in [0.3, 0.4) is 0 Å². The van der Waals surface area contributed by atoms with Gasteiger partial charge in [0.2, 0.25) is 0 Å². The summed E-state index contributed by atoms with van der Waals surface area (Å²) < 4.78 is 0. The molecule has 1 aliphatic rings. The lowest BCUT2D eigenvalue weighted by atomic mass is 9.69. The second-order valence-electron chi connectivity index (χ2n) is 3.55. The third-order valence-corrected chi connectivity index (χ3v) is 2.83. The van der Waals surface area contributed by atoms with E-state index >= 15 is 0 Å². The van der Waals surface area contributed by atoms with Crippen molar-refractivity contribution in [3.05, 3.63) is 30.1 Å². The Morgan fingerprint density at radius 2 is 2.38 bits per heavy atom. The van der Waals surface area contributed by atoms with Crippen LogP contribution in [0.1, 0.15) is 31.4 Å². The second kappa shape index (κ2) is 3.29. The maximum absolute atomic E-state index is 11.2. The molecule has 2 atom stereocenters. The van der Waals surface area contributed by atoms with Gasteiger partial charge in [-0.05, 0) is 18.6 Å². The van der Waals surface area contributed by atoms with E-state index in [1.165, 1.54) is 0 Å². The third-order valence-electron chi connectivity index (χ3n) is 2.83. The fourth-order valence-corrected chi connectivity index (χ4v) is 1.99. The van der Waals surface area contributed by atoms with Crippen molar-refractivity contribution < 1.29 is 4.79 Å². The summed E-state index contributed by atoms with van der Waals surface area (Å²) in [5.41, 5.74) is 1.08. The monoisotopic (exact) mass is 175 g/mol. The topological polar surface area (TPSA) is 30.0 Å².